The van der Waals surface area contributed by atoms with Crippen molar-refractivity contribution in [2.24, 2.45) is 5.41 Å². The van der Waals surface area contributed by atoms with Gasteiger partial charge in [0.05, 0.1) is 0 Å². The molecule has 3 N–H and O–H groups in total. The van der Waals surface area contributed by atoms with Gasteiger partial charge in [0.25, 0.3) is 0 Å². The van der Waals surface area contributed by atoms with Crippen LogP contribution in [0.2, 0.25) is 0 Å². The number of hydrogen-bond donors (Lipinski definition) is 3. The maximum atomic E-state index is 9.62. The lowest BCUT2D eigenvalue weighted by molar-refractivity contribution is 0.0816. The predicted molar refractivity (Wildman–Crippen MR) is 77.3 cm³/mol. The molecule has 3 heteroatoms. The van der Waals surface area contributed by atoms with Gasteiger partial charge in [-0.2, -0.15) is 0 Å². The number of benzene rings is 1. The molecule has 0 heterocycles. The molecule has 2 rings (SSSR count). The zero-order chi connectivity index (χ0) is 13.6. The van der Waals surface area contributed by atoms with E-state index in [-0.39, 0.29) is 5.41 Å². The van der Waals surface area contributed by atoms with E-state index in [0.29, 0.717) is 12.4 Å². The normalized spacial score (nSPS) is 18.4. The first-order chi connectivity index (χ1) is 9.24. The largest absolute Gasteiger partial charge is 0.508 e. The summed E-state index contributed by atoms with van der Waals surface area (Å²) < 4.78 is 0. The third-order valence-electron chi connectivity index (χ3n) is 4.28. The lowest BCUT2D eigenvalue weighted by Crippen LogP contribution is -2.39. The van der Waals surface area contributed by atoms with Crippen LogP contribution in [0.15, 0.2) is 24.3 Å². The number of nitrogens with one attached hydrogen (secondary N) is 1. The van der Waals surface area contributed by atoms with Crippen LogP contribution in [0.5, 0.6) is 5.75 Å². The second-order valence-electron chi connectivity index (χ2n) is 5.81. The minimum atomic E-state index is 0.118. The number of aliphatic hydroxyl groups excluding tert-OH is 1. The lowest BCUT2D eigenvalue weighted by atomic mass is 9.74. The molecule has 106 valence electrons. The second-order valence-corrected chi connectivity index (χ2v) is 5.81. The Bertz CT molecular complexity index is 369. The molecule has 1 aromatic rings. The van der Waals surface area contributed by atoms with E-state index in [1.165, 1.54) is 24.8 Å². The highest BCUT2D eigenvalue weighted by Gasteiger charge is 2.30. The Kier molecular flexibility index (Phi) is 5.23. The fourth-order valence-electron chi connectivity index (χ4n) is 2.94. The summed E-state index contributed by atoms with van der Waals surface area (Å²) in [5, 5.41) is 22.3. The molecule has 1 aromatic carbocycles. The molecule has 0 aromatic heterocycles. The third-order valence-corrected chi connectivity index (χ3v) is 4.28. The topological polar surface area (TPSA) is 52.5 Å². The average Bonchev–Trinajstić information content (AvgIpc) is 2.46. The summed E-state index contributed by atoms with van der Waals surface area (Å²) >= 11 is 0. The van der Waals surface area contributed by atoms with Gasteiger partial charge in [-0.15, -0.1) is 0 Å². The molecule has 0 radical (unpaired) electrons. The summed E-state index contributed by atoms with van der Waals surface area (Å²) in [5.41, 5.74) is 1.35. The first kappa shape index (κ1) is 14.4. The van der Waals surface area contributed by atoms with Crippen LogP contribution in [0.3, 0.4) is 0 Å². The summed E-state index contributed by atoms with van der Waals surface area (Å²) in [7, 11) is 0. The Labute approximate surface area is 115 Å². The molecular formula is C16H25NO2. The Morgan fingerprint density at radius 3 is 2.37 bits per heavy atom. The molecule has 3 nitrogen and oxygen atoms in total. The molecule has 0 atom stereocenters. The standard InChI is InChI=1S/C16H25NO2/c18-13-16(9-2-1-3-10-16)12-17-11-8-14-4-6-15(19)7-5-14/h4-7,17-19H,1-3,8-13H2. The Balaban J connectivity index is 1.72. The van der Waals surface area contributed by atoms with Gasteiger partial charge in [0, 0.05) is 18.6 Å². The van der Waals surface area contributed by atoms with Crippen molar-refractivity contribution >= 4 is 0 Å². The lowest BCUT2D eigenvalue weighted by Gasteiger charge is -2.35. The number of aliphatic hydroxyl groups is 1. The fraction of sp³-hybridized carbons (Fsp3) is 0.625. The van der Waals surface area contributed by atoms with Crippen molar-refractivity contribution in [3.8, 4) is 5.75 Å². The van der Waals surface area contributed by atoms with Crippen LogP contribution in [-0.4, -0.2) is 29.9 Å². The zero-order valence-electron chi connectivity index (χ0n) is 11.6. The highest BCUT2D eigenvalue weighted by molar-refractivity contribution is 5.25. The molecule has 1 aliphatic rings. The van der Waals surface area contributed by atoms with E-state index in [4.69, 9.17) is 0 Å². The van der Waals surface area contributed by atoms with Crippen LogP contribution >= 0.6 is 0 Å². The van der Waals surface area contributed by atoms with Gasteiger partial charge in [-0.05, 0) is 43.5 Å². The Morgan fingerprint density at radius 1 is 1.05 bits per heavy atom. The summed E-state index contributed by atoms with van der Waals surface area (Å²) in [6.07, 6.45) is 7.07. The Morgan fingerprint density at radius 2 is 1.74 bits per heavy atom. The van der Waals surface area contributed by atoms with Crippen LogP contribution in [0.4, 0.5) is 0 Å². The van der Waals surface area contributed by atoms with Crippen LogP contribution in [0.25, 0.3) is 0 Å². The minimum absolute atomic E-state index is 0.118. The van der Waals surface area contributed by atoms with Gasteiger partial charge in [-0.1, -0.05) is 31.4 Å². The van der Waals surface area contributed by atoms with Gasteiger partial charge in [0.2, 0.25) is 0 Å². The van der Waals surface area contributed by atoms with E-state index in [0.717, 1.165) is 32.4 Å². The van der Waals surface area contributed by atoms with E-state index in [1.807, 2.05) is 12.1 Å². The number of aromatic hydroxyl groups is 1. The van der Waals surface area contributed by atoms with Crippen molar-refractivity contribution in [1.29, 1.82) is 0 Å². The summed E-state index contributed by atoms with van der Waals surface area (Å²) in [6, 6.07) is 7.37. The molecule has 19 heavy (non-hydrogen) atoms. The van der Waals surface area contributed by atoms with Crippen molar-refractivity contribution in [3.05, 3.63) is 29.8 Å². The Hall–Kier alpha value is -1.06. The number of phenolic OH excluding ortho intramolecular Hbond substituents is 1. The highest BCUT2D eigenvalue weighted by Crippen LogP contribution is 2.35. The smallest absolute Gasteiger partial charge is 0.115 e. The molecule has 0 bridgehead atoms. The molecule has 1 fully saturated rings. The molecule has 0 amide bonds. The summed E-state index contributed by atoms with van der Waals surface area (Å²) in [5.74, 6) is 0.318. The van der Waals surface area contributed by atoms with Crippen LogP contribution < -0.4 is 5.32 Å². The predicted octanol–water partition coefficient (Wildman–Crippen LogP) is 2.47. The second kappa shape index (κ2) is 6.92. The first-order valence-electron chi connectivity index (χ1n) is 7.34. The molecule has 0 aliphatic heterocycles. The minimum Gasteiger partial charge on any atom is -0.508 e. The first-order valence-corrected chi connectivity index (χ1v) is 7.34. The van der Waals surface area contributed by atoms with Crippen molar-refractivity contribution in [1.82, 2.24) is 5.32 Å². The number of rotatable bonds is 6. The van der Waals surface area contributed by atoms with Crippen LogP contribution in [0, 0.1) is 5.41 Å². The summed E-state index contributed by atoms with van der Waals surface area (Å²) in [4.78, 5) is 0. The maximum Gasteiger partial charge on any atom is 0.115 e. The van der Waals surface area contributed by atoms with Gasteiger partial charge >= 0.3 is 0 Å². The van der Waals surface area contributed by atoms with Crippen molar-refractivity contribution in [2.75, 3.05) is 19.7 Å². The SMILES string of the molecule is OCC1(CNCCc2ccc(O)cc2)CCCCC1. The van der Waals surface area contributed by atoms with Crippen molar-refractivity contribution in [2.45, 2.75) is 38.5 Å². The van der Waals surface area contributed by atoms with Gasteiger partial charge in [0.15, 0.2) is 0 Å². The molecule has 1 aliphatic carbocycles. The number of hydrogen-bond acceptors (Lipinski definition) is 3. The quantitative estimate of drug-likeness (QED) is 0.691. The van der Waals surface area contributed by atoms with Gasteiger partial charge in [0.1, 0.15) is 5.75 Å². The van der Waals surface area contributed by atoms with Crippen molar-refractivity contribution in [3.63, 3.8) is 0 Å². The molecule has 0 spiro atoms. The van der Waals surface area contributed by atoms with Crippen molar-refractivity contribution < 1.29 is 10.2 Å². The highest BCUT2D eigenvalue weighted by atomic mass is 16.3. The molecule has 0 saturated heterocycles. The van der Waals surface area contributed by atoms with E-state index >= 15 is 0 Å². The van der Waals surface area contributed by atoms with Gasteiger partial charge in [-0.25, -0.2) is 0 Å². The van der Waals surface area contributed by atoms with E-state index in [9.17, 15) is 10.2 Å². The third kappa shape index (κ3) is 4.22. The van der Waals surface area contributed by atoms with E-state index in [1.54, 1.807) is 12.1 Å². The molecule has 0 unspecified atom stereocenters. The van der Waals surface area contributed by atoms with Gasteiger partial charge < -0.3 is 15.5 Å². The van der Waals surface area contributed by atoms with Crippen LogP contribution in [-0.2, 0) is 6.42 Å². The molecule has 1 saturated carbocycles. The number of phenols is 1. The van der Waals surface area contributed by atoms with Crippen LogP contribution in [0.1, 0.15) is 37.7 Å². The maximum absolute atomic E-state index is 9.62. The van der Waals surface area contributed by atoms with Gasteiger partial charge in [-0.3, -0.25) is 0 Å². The zero-order valence-corrected chi connectivity index (χ0v) is 11.6. The fourth-order valence-corrected chi connectivity index (χ4v) is 2.94. The molecular weight excluding hydrogens is 238 g/mol. The summed E-state index contributed by atoms with van der Waals surface area (Å²) in [6.45, 7) is 2.15. The average molecular weight is 263 g/mol. The monoisotopic (exact) mass is 263 g/mol. The van der Waals surface area contributed by atoms with E-state index < -0.39 is 0 Å². The van der Waals surface area contributed by atoms with E-state index in [2.05, 4.69) is 5.32 Å².